The quantitative estimate of drug-likeness (QED) is 0.346. The number of nitrogens with zero attached hydrogens (tertiary/aromatic N) is 3. The molecule has 8 heteroatoms. The summed E-state index contributed by atoms with van der Waals surface area (Å²) in [6.07, 6.45) is 0.325. The number of hydrogen-bond donors (Lipinski definition) is 0. The van der Waals surface area contributed by atoms with Gasteiger partial charge in [0.25, 0.3) is 0 Å². The third kappa shape index (κ3) is 4.70. The molecule has 0 N–H and O–H groups in total. The van der Waals surface area contributed by atoms with Gasteiger partial charge in [0.2, 0.25) is 0 Å². The average Bonchev–Trinajstić information content (AvgIpc) is 3.35. The molecule has 0 aliphatic rings. The minimum atomic E-state index is -0.326. The Bertz CT molecular complexity index is 1300. The van der Waals surface area contributed by atoms with E-state index in [0.29, 0.717) is 29.7 Å². The fourth-order valence-corrected chi connectivity index (χ4v) is 4.95. The lowest BCUT2D eigenvalue weighted by atomic mass is 9.91. The second kappa shape index (κ2) is 9.81. The van der Waals surface area contributed by atoms with Gasteiger partial charge in [-0.1, -0.05) is 61.0 Å². The van der Waals surface area contributed by atoms with Crippen LogP contribution in [0.1, 0.15) is 24.8 Å². The van der Waals surface area contributed by atoms with Crippen molar-refractivity contribution in [2.75, 3.05) is 13.7 Å². The van der Waals surface area contributed by atoms with Gasteiger partial charge in [-0.2, -0.15) is 0 Å². The van der Waals surface area contributed by atoms with Crippen LogP contribution in [-0.2, 0) is 22.6 Å². The summed E-state index contributed by atoms with van der Waals surface area (Å²) in [7, 11) is 1.58. The summed E-state index contributed by atoms with van der Waals surface area (Å²) in [6, 6.07) is 17.9. The largest absolute Gasteiger partial charge is 0.383 e. The molecule has 0 bridgehead atoms. The lowest BCUT2D eigenvalue weighted by Crippen LogP contribution is -2.29. The molecule has 2 aromatic carbocycles. The standard InChI is InChI=1S/C24H24ClN3O3S/c1-16(19-9-5-7-17-6-3-4-8-20(17)19)14-18(29)15-28-24(30)27(12-13-31-2)23(26-28)21-10-11-22(25)32-21/h3-11,16H,12-15H2,1-2H3/t16-/m1/s1. The highest BCUT2D eigenvalue weighted by atomic mass is 35.5. The number of benzene rings is 2. The van der Waals surface area contributed by atoms with Gasteiger partial charge in [0.15, 0.2) is 11.6 Å². The lowest BCUT2D eigenvalue weighted by Gasteiger charge is -2.14. The minimum absolute atomic E-state index is 0.0236. The number of hydrogen-bond acceptors (Lipinski definition) is 5. The molecule has 4 rings (SSSR count). The van der Waals surface area contributed by atoms with Crippen molar-refractivity contribution >= 4 is 39.5 Å². The van der Waals surface area contributed by atoms with Crippen LogP contribution >= 0.6 is 22.9 Å². The van der Waals surface area contributed by atoms with Crippen molar-refractivity contribution < 1.29 is 9.53 Å². The number of carbonyl (C=O) groups excluding carboxylic acids is 1. The van der Waals surface area contributed by atoms with Gasteiger partial charge in [0, 0.05) is 13.5 Å². The summed E-state index contributed by atoms with van der Waals surface area (Å²) >= 11 is 7.42. The van der Waals surface area contributed by atoms with Gasteiger partial charge < -0.3 is 4.74 Å². The molecule has 2 heterocycles. The van der Waals surface area contributed by atoms with Gasteiger partial charge in [0.05, 0.1) is 22.4 Å². The van der Waals surface area contributed by atoms with Crippen LogP contribution in [0.4, 0.5) is 0 Å². The van der Waals surface area contributed by atoms with Crippen molar-refractivity contribution in [3.63, 3.8) is 0 Å². The molecule has 0 amide bonds. The number of methoxy groups -OCH3 is 1. The number of aromatic nitrogens is 3. The predicted molar refractivity (Wildman–Crippen MR) is 129 cm³/mol. The summed E-state index contributed by atoms with van der Waals surface area (Å²) < 4.78 is 8.53. The second-order valence-corrected chi connectivity index (χ2v) is 9.44. The smallest absolute Gasteiger partial charge is 0.346 e. The zero-order valence-corrected chi connectivity index (χ0v) is 19.5. The van der Waals surface area contributed by atoms with E-state index in [2.05, 4.69) is 29.4 Å². The third-order valence-electron chi connectivity index (χ3n) is 5.45. The zero-order chi connectivity index (χ0) is 22.7. The van der Waals surface area contributed by atoms with Gasteiger partial charge in [-0.3, -0.25) is 9.36 Å². The molecule has 0 aliphatic carbocycles. The van der Waals surface area contributed by atoms with Crippen LogP contribution in [0.3, 0.4) is 0 Å². The van der Waals surface area contributed by atoms with Crippen molar-refractivity contribution in [1.29, 1.82) is 0 Å². The Kier molecular flexibility index (Phi) is 6.89. The molecular weight excluding hydrogens is 446 g/mol. The highest BCUT2D eigenvalue weighted by molar-refractivity contribution is 7.19. The Morgan fingerprint density at radius 3 is 2.69 bits per heavy atom. The van der Waals surface area contributed by atoms with Crippen molar-refractivity contribution in [3.8, 4) is 10.7 Å². The molecule has 0 unspecified atom stereocenters. The molecule has 0 fully saturated rings. The fourth-order valence-electron chi connectivity index (χ4n) is 3.91. The number of halogens is 1. The predicted octanol–water partition coefficient (Wildman–Crippen LogP) is 4.99. The first-order valence-corrected chi connectivity index (χ1v) is 11.6. The first-order valence-electron chi connectivity index (χ1n) is 10.4. The summed E-state index contributed by atoms with van der Waals surface area (Å²) in [5, 5.41) is 6.75. The maximum absolute atomic E-state index is 13.0. The Hall–Kier alpha value is -2.74. The van der Waals surface area contributed by atoms with Crippen molar-refractivity contribution in [2.24, 2.45) is 0 Å². The van der Waals surface area contributed by atoms with Crippen LogP contribution in [0, 0.1) is 0 Å². The maximum atomic E-state index is 13.0. The van der Waals surface area contributed by atoms with Crippen LogP contribution in [-0.4, -0.2) is 33.8 Å². The molecule has 0 spiro atoms. The van der Waals surface area contributed by atoms with E-state index >= 15 is 0 Å². The number of ketones is 1. The Morgan fingerprint density at radius 2 is 1.94 bits per heavy atom. The van der Waals surface area contributed by atoms with E-state index < -0.39 is 0 Å². The van der Waals surface area contributed by atoms with E-state index in [1.165, 1.54) is 20.6 Å². The zero-order valence-electron chi connectivity index (χ0n) is 18.0. The molecule has 0 saturated carbocycles. The van der Waals surface area contributed by atoms with E-state index in [1.807, 2.05) is 31.2 Å². The van der Waals surface area contributed by atoms with Crippen LogP contribution in [0.5, 0.6) is 0 Å². The van der Waals surface area contributed by atoms with Crippen LogP contribution in [0.15, 0.2) is 59.4 Å². The summed E-state index contributed by atoms with van der Waals surface area (Å²) in [4.78, 5) is 26.7. The molecule has 6 nitrogen and oxygen atoms in total. The Morgan fingerprint density at radius 1 is 1.16 bits per heavy atom. The van der Waals surface area contributed by atoms with Crippen LogP contribution in [0.25, 0.3) is 21.5 Å². The van der Waals surface area contributed by atoms with Crippen LogP contribution < -0.4 is 5.69 Å². The van der Waals surface area contributed by atoms with Gasteiger partial charge >= 0.3 is 5.69 Å². The van der Waals surface area contributed by atoms with Gasteiger partial charge in [-0.05, 0) is 34.4 Å². The van der Waals surface area contributed by atoms with E-state index in [-0.39, 0.29) is 23.9 Å². The number of Topliss-reactive ketones (excluding diaryl/α,β-unsaturated/α-hetero) is 1. The SMILES string of the molecule is COCCn1c(-c2ccc(Cl)s2)nn(CC(=O)C[C@@H](C)c2cccc3ccccc23)c1=O. The van der Waals surface area contributed by atoms with E-state index in [4.69, 9.17) is 16.3 Å². The molecule has 2 aromatic heterocycles. The second-order valence-electron chi connectivity index (χ2n) is 7.72. The molecule has 0 aliphatic heterocycles. The summed E-state index contributed by atoms with van der Waals surface area (Å²) in [5.41, 5.74) is 0.802. The first kappa shape index (κ1) is 22.5. The number of ether oxygens (including phenoxy) is 1. The number of carbonyl (C=O) groups is 1. The van der Waals surface area contributed by atoms with Crippen molar-refractivity contribution in [3.05, 3.63) is 75.0 Å². The van der Waals surface area contributed by atoms with E-state index in [9.17, 15) is 9.59 Å². The summed E-state index contributed by atoms with van der Waals surface area (Å²) in [6.45, 7) is 2.68. The summed E-state index contributed by atoms with van der Waals surface area (Å²) in [5.74, 6) is 0.481. The molecule has 1 atom stereocenters. The van der Waals surface area contributed by atoms with Gasteiger partial charge in [-0.25, -0.2) is 9.48 Å². The molecule has 0 saturated heterocycles. The Labute approximate surface area is 195 Å². The monoisotopic (exact) mass is 469 g/mol. The normalized spacial score (nSPS) is 12.3. The highest BCUT2D eigenvalue weighted by Crippen LogP contribution is 2.30. The van der Waals surface area contributed by atoms with Gasteiger partial charge in [-0.15, -0.1) is 16.4 Å². The minimum Gasteiger partial charge on any atom is -0.383 e. The molecule has 32 heavy (non-hydrogen) atoms. The fraction of sp³-hybridized carbons (Fsp3) is 0.292. The molecule has 0 radical (unpaired) electrons. The number of thiophene rings is 1. The van der Waals surface area contributed by atoms with Gasteiger partial charge in [0.1, 0.15) is 6.54 Å². The Balaban J connectivity index is 1.56. The molecular formula is C24H24ClN3O3S. The molecule has 4 aromatic rings. The van der Waals surface area contributed by atoms with Crippen molar-refractivity contribution in [1.82, 2.24) is 14.3 Å². The van der Waals surface area contributed by atoms with E-state index in [0.717, 1.165) is 21.2 Å². The van der Waals surface area contributed by atoms with Crippen molar-refractivity contribution in [2.45, 2.75) is 32.4 Å². The molecule has 166 valence electrons. The first-order chi connectivity index (χ1) is 15.5. The topological polar surface area (TPSA) is 66.1 Å². The highest BCUT2D eigenvalue weighted by Gasteiger charge is 2.20. The average molecular weight is 470 g/mol. The third-order valence-corrected chi connectivity index (χ3v) is 6.68. The number of rotatable bonds is 9. The number of fused-ring (bicyclic) bond motifs is 1. The maximum Gasteiger partial charge on any atom is 0.346 e. The van der Waals surface area contributed by atoms with Crippen LogP contribution in [0.2, 0.25) is 4.34 Å². The lowest BCUT2D eigenvalue weighted by molar-refractivity contribution is -0.120. The van der Waals surface area contributed by atoms with E-state index in [1.54, 1.807) is 13.2 Å².